The van der Waals surface area contributed by atoms with Gasteiger partial charge in [0.2, 0.25) is 0 Å². The number of hydrogen-bond acceptors (Lipinski definition) is 6. The van der Waals surface area contributed by atoms with Crippen molar-refractivity contribution in [2.24, 2.45) is 0 Å². The van der Waals surface area contributed by atoms with Gasteiger partial charge in [-0.15, -0.1) is 0 Å². The van der Waals surface area contributed by atoms with Gasteiger partial charge < -0.3 is 15.2 Å². The van der Waals surface area contributed by atoms with E-state index < -0.39 is 0 Å². The molecule has 22 heavy (non-hydrogen) atoms. The Balaban J connectivity index is 1.98. The van der Waals surface area contributed by atoms with Crippen molar-refractivity contribution in [1.82, 2.24) is 15.1 Å². The van der Waals surface area contributed by atoms with E-state index in [2.05, 4.69) is 39.6 Å². The van der Waals surface area contributed by atoms with Crippen molar-refractivity contribution < 1.29 is 4.52 Å². The zero-order chi connectivity index (χ0) is 15.4. The molecular weight excluding hydrogens is 278 g/mol. The summed E-state index contributed by atoms with van der Waals surface area (Å²) in [5.41, 5.74) is 1.71. The van der Waals surface area contributed by atoms with Crippen molar-refractivity contribution in [2.45, 2.75) is 19.9 Å². The van der Waals surface area contributed by atoms with Gasteiger partial charge in [0.25, 0.3) is 0 Å². The topological polar surface area (TPSA) is 75.9 Å². The minimum absolute atomic E-state index is 0.280. The van der Waals surface area contributed by atoms with Crippen LogP contribution in [0.4, 0.5) is 17.3 Å². The largest absolute Gasteiger partial charge is 0.368 e. The van der Waals surface area contributed by atoms with Gasteiger partial charge in [-0.3, -0.25) is 0 Å². The lowest BCUT2D eigenvalue weighted by atomic mass is 10.2. The summed E-state index contributed by atoms with van der Waals surface area (Å²) in [5, 5.41) is 10.1. The molecule has 3 aromatic rings. The molecule has 1 aromatic carbocycles. The number of nitrogens with zero attached hydrogens (tertiary/aromatic N) is 3. The van der Waals surface area contributed by atoms with E-state index in [1.54, 1.807) is 6.20 Å². The molecular formula is C16H17N5O. The quantitative estimate of drug-likeness (QED) is 0.747. The van der Waals surface area contributed by atoms with Crippen LogP contribution in [0.25, 0.3) is 11.4 Å². The van der Waals surface area contributed by atoms with Crippen molar-refractivity contribution in [3.05, 3.63) is 48.9 Å². The first-order chi connectivity index (χ1) is 10.7. The second-order valence-corrected chi connectivity index (χ2v) is 5.17. The molecule has 2 N–H and O–H groups in total. The SMILES string of the molecule is CC(C)Nc1cc(Nc2cnoc2)nc(-c2ccccc2)n1. The average molecular weight is 295 g/mol. The van der Waals surface area contributed by atoms with Gasteiger partial charge in [0, 0.05) is 17.7 Å². The highest BCUT2D eigenvalue weighted by Gasteiger charge is 2.08. The van der Waals surface area contributed by atoms with Crippen LogP contribution in [0.2, 0.25) is 0 Å². The molecule has 112 valence electrons. The van der Waals surface area contributed by atoms with Crippen LogP contribution in [0.5, 0.6) is 0 Å². The molecule has 6 heteroatoms. The molecule has 0 aliphatic heterocycles. The van der Waals surface area contributed by atoms with Crippen LogP contribution in [0.15, 0.2) is 53.4 Å². The minimum atomic E-state index is 0.280. The number of nitrogens with one attached hydrogen (secondary N) is 2. The Bertz CT molecular complexity index is 726. The third kappa shape index (κ3) is 3.41. The van der Waals surface area contributed by atoms with Crippen LogP contribution in [-0.2, 0) is 0 Å². The molecule has 0 amide bonds. The van der Waals surface area contributed by atoms with Crippen molar-refractivity contribution >= 4 is 17.3 Å². The van der Waals surface area contributed by atoms with Gasteiger partial charge in [0.15, 0.2) is 5.82 Å². The maximum atomic E-state index is 4.82. The molecule has 0 spiro atoms. The standard InChI is InChI=1S/C16H17N5O/c1-11(2)18-14-8-15(19-13-9-17-22-10-13)21-16(20-14)12-6-4-3-5-7-12/h3-11H,1-2H3,(H2,18,19,20,21). The minimum Gasteiger partial charge on any atom is -0.368 e. The summed E-state index contributed by atoms with van der Waals surface area (Å²) in [4.78, 5) is 9.13. The first-order valence-electron chi connectivity index (χ1n) is 7.08. The third-order valence-electron chi connectivity index (χ3n) is 2.90. The van der Waals surface area contributed by atoms with E-state index in [0.29, 0.717) is 11.6 Å². The van der Waals surface area contributed by atoms with Crippen LogP contribution in [0.1, 0.15) is 13.8 Å². The van der Waals surface area contributed by atoms with Gasteiger partial charge in [-0.1, -0.05) is 35.5 Å². The van der Waals surface area contributed by atoms with Crippen LogP contribution in [-0.4, -0.2) is 21.2 Å². The lowest BCUT2D eigenvalue weighted by Gasteiger charge is -2.12. The number of aromatic nitrogens is 3. The smallest absolute Gasteiger partial charge is 0.163 e. The molecule has 0 aliphatic rings. The van der Waals surface area contributed by atoms with E-state index in [0.717, 1.165) is 17.1 Å². The zero-order valence-corrected chi connectivity index (χ0v) is 12.4. The fourth-order valence-electron chi connectivity index (χ4n) is 2.01. The van der Waals surface area contributed by atoms with E-state index in [-0.39, 0.29) is 6.04 Å². The van der Waals surface area contributed by atoms with Gasteiger partial charge in [0.1, 0.15) is 23.6 Å². The normalized spacial score (nSPS) is 10.7. The van der Waals surface area contributed by atoms with Crippen molar-refractivity contribution in [3.8, 4) is 11.4 Å². The highest BCUT2D eigenvalue weighted by Crippen LogP contribution is 2.22. The predicted octanol–water partition coefficient (Wildman–Crippen LogP) is 3.70. The maximum Gasteiger partial charge on any atom is 0.163 e. The van der Waals surface area contributed by atoms with E-state index in [4.69, 9.17) is 4.52 Å². The molecule has 0 bridgehead atoms. The lowest BCUT2D eigenvalue weighted by molar-refractivity contribution is 0.420. The maximum absolute atomic E-state index is 4.82. The van der Waals surface area contributed by atoms with Gasteiger partial charge in [-0.2, -0.15) is 0 Å². The molecule has 2 heterocycles. The Morgan fingerprint density at radius 2 is 1.82 bits per heavy atom. The second-order valence-electron chi connectivity index (χ2n) is 5.17. The number of rotatable bonds is 5. The molecule has 2 aromatic heterocycles. The fraction of sp³-hybridized carbons (Fsp3) is 0.188. The van der Waals surface area contributed by atoms with Crippen LogP contribution >= 0.6 is 0 Å². The number of anilines is 3. The molecule has 0 saturated carbocycles. The Morgan fingerprint density at radius 3 is 2.50 bits per heavy atom. The van der Waals surface area contributed by atoms with E-state index in [1.165, 1.54) is 6.26 Å². The van der Waals surface area contributed by atoms with Crippen LogP contribution < -0.4 is 10.6 Å². The molecule has 6 nitrogen and oxygen atoms in total. The summed E-state index contributed by atoms with van der Waals surface area (Å²) in [5.74, 6) is 2.10. The summed E-state index contributed by atoms with van der Waals surface area (Å²) in [6.45, 7) is 4.13. The number of benzene rings is 1. The zero-order valence-electron chi connectivity index (χ0n) is 12.4. The van der Waals surface area contributed by atoms with E-state index >= 15 is 0 Å². The summed E-state index contributed by atoms with van der Waals surface area (Å²) in [6, 6.07) is 12.0. The van der Waals surface area contributed by atoms with Crippen molar-refractivity contribution in [1.29, 1.82) is 0 Å². The Hall–Kier alpha value is -2.89. The summed E-state index contributed by atoms with van der Waals surface area (Å²) >= 11 is 0. The molecule has 0 atom stereocenters. The lowest BCUT2D eigenvalue weighted by Crippen LogP contribution is -2.12. The monoisotopic (exact) mass is 295 g/mol. The molecule has 0 unspecified atom stereocenters. The Kier molecular flexibility index (Phi) is 4.00. The van der Waals surface area contributed by atoms with Gasteiger partial charge >= 0.3 is 0 Å². The average Bonchev–Trinajstić information content (AvgIpc) is 3.00. The van der Waals surface area contributed by atoms with E-state index in [9.17, 15) is 0 Å². The van der Waals surface area contributed by atoms with Crippen molar-refractivity contribution in [2.75, 3.05) is 10.6 Å². The molecule has 0 radical (unpaired) electrons. The Morgan fingerprint density at radius 1 is 1.05 bits per heavy atom. The Labute approximate surface area is 128 Å². The summed E-state index contributed by atoms with van der Waals surface area (Å²) in [7, 11) is 0. The molecule has 0 fully saturated rings. The third-order valence-corrected chi connectivity index (χ3v) is 2.90. The predicted molar refractivity (Wildman–Crippen MR) is 86.0 cm³/mol. The summed E-state index contributed by atoms with van der Waals surface area (Å²) < 4.78 is 4.82. The second kappa shape index (κ2) is 6.26. The van der Waals surface area contributed by atoms with Crippen LogP contribution in [0.3, 0.4) is 0 Å². The van der Waals surface area contributed by atoms with Crippen molar-refractivity contribution in [3.63, 3.8) is 0 Å². The highest BCUT2D eigenvalue weighted by molar-refractivity contribution is 5.64. The van der Waals surface area contributed by atoms with E-state index in [1.807, 2.05) is 36.4 Å². The highest BCUT2D eigenvalue weighted by atomic mass is 16.5. The molecule has 0 aliphatic carbocycles. The number of hydrogen-bond donors (Lipinski definition) is 2. The first-order valence-corrected chi connectivity index (χ1v) is 7.08. The molecule has 0 saturated heterocycles. The molecule has 3 rings (SSSR count). The van der Waals surface area contributed by atoms with Gasteiger partial charge in [-0.05, 0) is 13.8 Å². The van der Waals surface area contributed by atoms with Crippen LogP contribution in [0, 0.1) is 0 Å². The van der Waals surface area contributed by atoms with Gasteiger partial charge in [0.05, 0.1) is 6.20 Å². The first kappa shape index (κ1) is 14.1. The fourth-order valence-corrected chi connectivity index (χ4v) is 2.01. The summed E-state index contributed by atoms with van der Waals surface area (Å²) in [6.07, 6.45) is 3.12. The van der Waals surface area contributed by atoms with Gasteiger partial charge in [-0.25, -0.2) is 9.97 Å².